The lowest BCUT2D eigenvalue weighted by Crippen LogP contribution is -2.56. The molecule has 0 bridgehead atoms. The molecule has 3 N–H and O–H groups in total. The van der Waals surface area contributed by atoms with Gasteiger partial charge in [-0.1, -0.05) is 41.9 Å². The van der Waals surface area contributed by atoms with Crippen LogP contribution in [-0.4, -0.2) is 66.5 Å². The molecule has 3 amide bonds. The summed E-state index contributed by atoms with van der Waals surface area (Å²) in [7, 11) is 1.55. The molecule has 0 spiro atoms. The van der Waals surface area contributed by atoms with Crippen molar-refractivity contribution in [2.75, 3.05) is 12.4 Å². The van der Waals surface area contributed by atoms with Crippen LogP contribution in [0.25, 0.3) is 22.9 Å². The highest BCUT2D eigenvalue weighted by molar-refractivity contribution is 6.31. The molecule has 6 rings (SSSR count). The number of hydrogen-bond acceptors (Lipinski definition) is 7. The van der Waals surface area contributed by atoms with Gasteiger partial charge >= 0.3 is 5.97 Å². The molecule has 5 aromatic rings. The van der Waals surface area contributed by atoms with Crippen LogP contribution in [0.5, 0.6) is 0 Å². The van der Waals surface area contributed by atoms with Gasteiger partial charge in [-0.3, -0.25) is 14.4 Å². The highest BCUT2D eigenvalue weighted by Crippen LogP contribution is 2.43. The quantitative estimate of drug-likeness (QED) is 0.172. The number of rotatable bonds is 8. The minimum absolute atomic E-state index is 0.0413. The van der Waals surface area contributed by atoms with Crippen molar-refractivity contribution in [1.82, 2.24) is 30.4 Å². The summed E-state index contributed by atoms with van der Waals surface area (Å²) in [6, 6.07) is 19.9. The number of anilines is 1. The van der Waals surface area contributed by atoms with Crippen LogP contribution in [-0.2, 0) is 16.0 Å². The summed E-state index contributed by atoms with van der Waals surface area (Å²) in [5.41, 5.74) is 3.10. The molecule has 0 fully saturated rings. The number of benzene rings is 4. The van der Waals surface area contributed by atoms with Gasteiger partial charge in [0.1, 0.15) is 12.4 Å². The molecule has 0 aliphatic carbocycles. The Bertz CT molecular complexity index is 2190. The first-order chi connectivity index (χ1) is 24.4. The summed E-state index contributed by atoms with van der Waals surface area (Å²) in [5, 5.41) is 25.7. The van der Waals surface area contributed by atoms with E-state index in [1.807, 2.05) is 32.0 Å². The van der Waals surface area contributed by atoms with E-state index in [4.69, 9.17) is 11.6 Å². The van der Waals surface area contributed by atoms with Crippen LogP contribution in [0.4, 0.5) is 10.1 Å². The average molecular weight is 708 g/mol. The molecule has 14 heteroatoms. The Morgan fingerprint density at radius 3 is 2.33 bits per heavy atom. The number of carboxylic acid groups (broad SMARTS) is 1. The van der Waals surface area contributed by atoms with Crippen molar-refractivity contribution in [2.24, 2.45) is 0 Å². The number of nitrogens with zero attached hydrogens (tertiary/aromatic N) is 5. The van der Waals surface area contributed by atoms with Gasteiger partial charge in [0, 0.05) is 35.5 Å². The standard InChI is InChI=1S/C37H31ClFN7O5/c1-37(2)19-28-25(21-7-9-22(10-8-21)34(48)40-3)5-4-6-26(28)33(35(49)42-24-13-11-23(12-14-24)36(50)51)46(37)31(47)18-15-27-30(45-20-41-43-44-45)17-16-29(38)32(27)39/h4-18,20,33H,19H2,1-3H3,(H,40,48)(H,42,49)(H,50,51)/b18-15+/t33-/m0/s1. The molecule has 258 valence electrons. The smallest absolute Gasteiger partial charge is 0.335 e. The summed E-state index contributed by atoms with van der Waals surface area (Å²) in [6.45, 7) is 3.67. The fraction of sp³-hybridized carbons (Fsp3) is 0.162. The van der Waals surface area contributed by atoms with Gasteiger partial charge in [-0.05, 0) is 108 Å². The lowest BCUT2D eigenvalue weighted by molar-refractivity contribution is -0.142. The molecule has 2 heterocycles. The molecule has 0 saturated heterocycles. The third kappa shape index (κ3) is 6.83. The molecule has 0 radical (unpaired) electrons. The summed E-state index contributed by atoms with van der Waals surface area (Å²) < 4.78 is 16.6. The maximum absolute atomic E-state index is 15.4. The molecule has 1 aliphatic heterocycles. The number of aromatic nitrogens is 4. The Morgan fingerprint density at radius 2 is 1.69 bits per heavy atom. The summed E-state index contributed by atoms with van der Waals surface area (Å²) >= 11 is 6.11. The second kappa shape index (κ2) is 14.0. The zero-order valence-corrected chi connectivity index (χ0v) is 28.4. The topological polar surface area (TPSA) is 159 Å². The van der Waals surface area contributed by atoms with Crippen molar-refractivity contribution < 1.29 is 28.7 Å². The third-order valence-corrected chi connectivity index (χ3v) is 8.99. The molecule has 0 saturated carbocycles. The van der Waals surface area contributed by atoms with E-state index >= 15 is 4.39 Å². The maximum atomic E-state index is 15.4. The van der Waals surface area contributed by atoms with Crippen LogP contribution in [0, 0.1) is 5.82 Å². The van der Waals surface area contributed by atoms with Gasteiger partial charge in [0.2, 0.25) is 5.91 Å². The van der Waals surface area contributed by atoms with Crippen molar-refractivity contribution in [2.45, 2.75) is 31.8 Å². The predicted octanol–water partition coefficient (Wildman–Crippen LogP) is 5.74. The first kappa shape index (κ1) is 34.6. The zero-order valence-electron chi connectivity index (χ0n) is 27.6. The van der Waals surface area contributed by atoms with E-state index in [1.165, 1.54) is 64.5 Å². The summed E-state index contributed by atoms with van der Waals surface area (Å²) in [4.78, 5) is 53.7. The number of nitrogens with one attached hydrogen (secondary N) is 2. The molecular formula is C37H31ClFN7O5. The summed E-state index contributed by atoms with van der Waals surface area (Å²) in [6.07, 6.45) is 4.07. The number of tetrazole rings is 1. The van der Waals surface area contributed by atoms with E-state index in [-0.39, 0.29) is 27.7 Å². The minimum atomic E-state index is -1.17. The largest absolute Gasteiger partial charge is 0.478 e. The number of carbonyl (C=O) groups excluding carboxylic acids is 3. The number of carbonyl (C=O) groups is 4. The van der Waals surface area contributed by atoms with Gasteiger partial charge in [0.25, 0.3) is 11.8 Å². The Morgan fingerprint density at radius 1 is 0.980 bits per heavy atom. The van der Waals surface area contributed by atoms with Crippen molar-refractivity contribution >= 4 is 47.1 Å². The Hall–Kier alpha value is -6.21. The van der Waals surface area contributed by atoms with E-state index in [2.05, 4.69) is 26.2 Å². The van der Waals surface area contributed by atoms with Crippen molar-refractivity contribution in [1.29, 1.82) is 0 Å². The third-order valence-electron chi connectivity index (χ3n) is 8.69. The molecule has 12 nitrogen and oxygen atoms in total. The van der Waals surface area contributed by atoms with Crippen LogP contribution < -0.4 is 10.6 Å². The van der Waals surface area contributed by atoms with E-state index in [1.54, 1.807) is 31.3 Å². The van der Waals surface area contributed by atoms with E-state index in [9.17, 15) is 24.3 Å². The van der Waals surface area contributed by atoms with Crippen LogP contribution in [0.15, 0.2) is 91.3 Å². The molecule has 51 heavy (non-hydrogen) atoms. The van der Waals surface area contributed by atoms with Gasteiger partial charge in [-0.15, -0.1) is 5.10 Å². The number of carboxylic acids is 1. The number of halogens is 2. The monoisotopic (exact) mass is 707 g/mol. The Kier molecular flexibility index (Phi) is 9.48. The second-order valence-corrected chi connectivity index (χ2v) is 12.8. The van der Waals surface area contributed by atoms with Gasteiger partial charge in [0.15, 0.2) is 5.82 Å². The van der Waals surface area contributed by atoms with Gasteiger partial charge in [-0.25, -0.2) is 9.18 Å². The molecule has 0 unspecified atom stereocenters. The van der Waals surface area contributed by atoms with E-state index in [0.717, 1.165) is 16.7 Å². The molecule has 1 atom stereocenters. The van der Waals surface area contributed by atoms with Crippen molar-refractivity contribution in [3.63, 3.8) is 0 Å². The highest BCUT2D eigenvalue weighted by atomic mass is 35.5. The first-order valence-electron chi connectivity index (χ1n) is 15.7. The SMILES string of the molecule is CNC(=O)c1ccc(-c2cccc3c2CC(C)(C)N(C(=O)/C=C/c2c(-n4cnnn4)ccc(Cl)c2F)[C@@H]3C(=O)Nc2ccc(C(=O)O)cc2)cc1. The molecule has 1 aliphatic rings. The Labute approximate surface area is 296 Å². The minimum Gasteiger partial charge on any atom is -0.478 e. The lowest BCUT2D eigenvalue weighted by Gasteiger charge is -2.48. The van der Waals surface area contributed by atoms with Crippen molar-refractivity contribution in [3.05, 3.63) is 130 Å². The van der Waals surface area contributed by atoms with Gasteiger partial charge in [0.05, 0.1) is 16.3 Å². The molecule has 4 aromatic carbocycles. The van der Waals surface area contributed by atoms with Gasteiger partial charge in [-0.2, -0.15) is 4.68 Å². The zero-order chi connectivity index (χ0) is 36.4. The summed E-state index contributed by atoms with van der Waals surface area (Å²) in [5.74, 6) is -3.27. The fourth-order valence-corrected chi connectivity index (χ4v) is 6.46. The van der Waals surface area contributed by atoms with E-state index in [0.29, 0.717) is 23.2 Å². The fourth-order valence-electron chi connectivity index (χ4n) is 6.29. The predicted molar refractivity (Wildman–Crippen MR) is 188 cm³/mol. The number of hydrogen-bond donors (Lipinski definition) is 3. The first-order valence-corrected chi connectivity index (χ1v) is 16.1. The second-order valence-electron chi connectivity index (χ2n) is 12.4. The van der Waals surface area contributed by atoms with Crippen LogP contribution in [0.1, 0.15) is 57.3 Å². The van der Waals surface area contributed by atoms with Crippen LogP contribution >= 0.6 is 11.6 Å². The molecule has 1 aromatic heterocycles. The highest BCUT2D eigenvalue weighted by Gasteiger charge is 2.46. The number of amides is 3. The Balaban J connectivity index is 1.44. The lowest BCUT2D eigenvalue weighted by atomic mass is 9.77. The molecular weight excluding hydrogens is 677 g/mol. The average Bonchev–Trinajstić information content (AvgIpc) is 3.66. The van der Waals surface area contributed by atoms with E-state index < -0.39 is 35.2 Å². The normalized spacial score (nSPS) is 14.9. The van der Waals surface area contributed by atoms with Crippen LogP contribution in [0.3, 0.4) is 0 Å². The van der Waals surface area contributed by atoms with Gasteiger partial charge < -0.3 is 20.6 Å². The maximum Gasteiger partial charge on any atom is 0.335 e. The van der Waals surface area contributed by atoms with Crippen molar-refractivity contribution in [3.8, 4) is 16.8 Å². The number of fused-ring (bicyclic) bond motifs is 1. The number of aromatic carboxylic acids is 1. The van der Waals surface area contributed by atoms with Crippen LogP contribution in [0.2, 0.25) is 5.02 Å².